The number of hydrogen-bond acceptors (Lipinski definition) is 3. The second kappa shape index (κ2) is 7.04. The van der Waals surface area contributed by atoms with Gasteiger partial charge in [-0.15, -0.1) is 0 Å². The molecular weight excluding hydrogens is 296 g/mol. The lowest BCUT2D eigenvalue weighted by Crippen LogP contribution is -2.28. The highest BCUT2D eigenvalue weighted by Gasteiger charge is 2.08. The van der Waals surface area contributed by atoms with Gasteiger partial charge in [-0.1, -0.05) is 13.8 Å². The highest BCUT2D eigenvalue weighted by atomic mass is 79.9. The Labute approximate surface area is 117 Å². The minimum atomic E-state index is -0.208. The molecule has 0 bridgehead atoms. The van der Waals surface area contributed by atoms with Crippen molar-refractivity contribution < 1.29 is 4.74 Å². The molecule has 0 fully saturated rings. The molecule has 0 spiro atoms. The molecule has 0 aliphatic rings. The van der Waals surface area contributed by atoms with Gasteiger partial charge in [-0.3, -0.25) is 4.57 Å². The van der Waals surface area contributed by atoms with Gasteiger partial charge in [-0.2, -0.15) is 4.98 Å². The van der Waals surface area contributed by atoms with Crippen molar-refractivity contribution in [3.8, 4) is 0 Å². The summed E-state index contributed by atoms with van der Waals surface area (Å²) in [5, 5.41) is 0. The Morgan fingerprint density at radius 1 is 1.33 bits per heavy atom. The third kappa shape index (κ3) is 4.21. The van der Waals surface area contributed by atoms with E-state index in [0.717, 1.165) is 28.9 Å². The van der Waals surface area contributed by atoms with Gasteiger partial charge < -0.3 is 4.74 Å². The van der Waals surface area contributed by atoms with Crippen molar-refractivity contribution >= 4 is 15.9 Å². The van der Waals surface area contributed by atoms with Gasteiger partial charge in [0.05, 0.1) is 23.3 Å². The van der Waals surface area contributed by atoms with E-state index in [1.165, 1.54) is 0 Å². The quantitative estimate of drug-likeness (QED) is 0.758. The number of hydrogen-bond donors (Lipinski definition) is 0. The largest absolute Gasteiger partial charge is 0.380 e. The molecule has 4 nitrogen and oxygen atoms in total. The van der Waals surface area contributed by atoms with E-state index in [2.05, 4.69) is 34.8 Å². The van der Waals surface area contributed by atoms with Crippen molar-refractivity contribution in [3.05, 3.63) is 26.3 Å². The van der Waals surface area contributed by atoms with E-state index in [1.807, 2.05) is 13.8 Å². The Hall–Kier alpha value is -0.680. The van der Waals surface area contributed by atoms with Gasteiger partial charge in [0.2, 0.25) is 0 Å². The average molecular weight is 317 g/mol. The third-order valence-corrected chi connectivity index (χ3v) is 3.98. The molecule has 102 valence electrons. The fraction of sp³-hybridized carbons (Fsp3) is 0.692. The van der Waals surface area contributed by atoms with Crippen LogP contribution in [0.25, 0.3) is 0 Å². The Balaban J connectivity index is 2.58. The molecular formula is C13H21BrN2O2. The standard InChI is InChI=1S/C13H21BrN2O2/c1-9(2)5-7-18-8-6-16-11(4)12(14)10(3)15-13(16)17/h9H,5-8H2,1-4H3. The number of halogens is 1. The zero-order valence-corrected chi connectivity index (χ0v) is 13.1. The maximum absolute atomic E-state index is 11.8. The predicted octanol–water partition coefficient (Wildman–Crippen LogP) is 2.69. The number of aromatic nitrogens is 2. The first-order chi connectivity index (χ1) is 8.43. The molecule has 0 amide bonds. The summed E-state index contributed by atoms with van der Waals surface area (Å²) in [4.78, 5) is 15.7. The first-order valence-corrected chi connectivity index (χ1v) is 7.04. The zero-order chi connectivity index (χ0) is 13.7. The van der Waals surface area contributed by atoms with Crippen LogP contribution in [-0.2, 0) is 11.3 Å². The molecule has 0 N–H and O–H groups in total. The molecule has 18 heavy (non-hydrogen) atoms. The predicted molar refractivity (Wildman–Crippen MR) is 75.9 cm³/mol. The van der Waals surface area contributed by atoms with Crippen LogP contribution in [0.4, 0.5) is 0 Å². The van der Waals surface area contributed by atoms with E-state index < -0.39 is 0 Å². The molecule has 0 saturated heterocycles. The molecule has 0 aromatic carbocycles. The average Bonchev–Trinajstić information content (AvgIpc) is 2.29. The normalized spacial score (nSPS) is 11.2. The van der Waals surface area contributed by atoms with Gasteiger partial charge in [0.25, 0.3) is 0 Å². The molecule has 0 aliphatic carbocycles. The van der Waals surface area contributed by atoms with Gasteiger partial charge in [0, 0.05) is 12.3 Å². The van der Waals surface area contributed by atoms with Gasteiger partial charge >= 0.3 is 5.69 Å². The van der Waals surface area contributed by atoms with E-state index in [1.54, 1.807) is 4.57 Å². The fourth-order valence-corrected chi connectivity index (χ4v) is 1.92. The van der Waals surface area contributed by atoms with Gasteiger partial charge in [-0.25, -0.2) is 4.79 Å². The van der Waals surface area contributed by atoms with Crippen LogP contribution in [0, 0.1) is 19.8 Å². The molecule has 0 saturated carbocycles. The van der Waals surface area contributed by atoms with Crippen LogP contribution < -0.4 is 5.69 Å². The minimum Gasteiger partial charge on any atom is -0.380 e. The molecule has 5 heteroatoms. The van der Waals surface area contributed by atoms with E-state index >= 15 is 0 Å². The summed E-state index contributed by atoms with van der Waals surface area (Å²) >= 11 is 3.44. The number of rotatable bonds is 6. The smallest absolute Gasteiger partial charge is 0.348 e. The lowest BCUT2D eigenvalue weighted by atomic mass is 10.1. The summed E-state index contributed by atoms with van der Waals surface area (Å²) in [6.07, 6.45) is 1.05. The monoisotopic (exact) mass is 316 g/mol. The SMILES string of the molecule is Cc1nc(=O)n(CCOCCC(C)C)c(C)c1Br. The first kappa shape index (κ1) is 15.4. The Bertz CT molecular complexity index is 455. The number of ether oxygens (including phenoxy) is 1. The summed E-state index contributed by atoms with van der Waals surface area (Å²) in [5.74, 6) is 0.643. The van der Waals surface area contributed by atoms with Gasteiger partial charge in [0.1, 0.15) is 0 Å². The van der Waals surface area contributed by atoms with Gasteiger partial charge in [-0.05, 0) is 42.1 Å². The van der Waals surface area contributed by atoms with E-state index in [9.17, 15) is 4.79 Å². The molecule has 1 aromatic rings. The van der Waals surface area contributed by atoms with Crippen LogP contribution in [0.1, 0.15) is 31.7 Å². The van der Waals surface area contributed by atoms with Crippen molar-refractivity contribution in [1.82, 2.24) is 9.55 Å². The summed E-state index contributed by atoms with van der Waals surface area (Å²) in [7, 11) is 0. The second-order valence-corrected chi connectivity index (χ2v) is 5.62. The highest BCUT2D eigenvalue weighted by molar-refractivity contribution is 9.10. The molecule has 0 aliphatic heterocycles. The van der Waals surface area contributed by atoms with Crippen LogP contribution in [0.3, 0.4) is 0 Å². The van der Waals surface area contributed by atoms with Crippen LogP contribution in [0.15, 0.2) is 9.27 Å². The Morgan fingerprint density at radius 2 is 2.00 bits per heavy atom. The van der Waals surface area contributed by atoms with Crippen LogP contribution in [0.5, 0.6) is 0 Å². The number of nitrogens with zero attached hydrogens (tertiary/aromatic N) is 2. The highest BCUT2D eigenvalue weighted by Crippen LogP contribution is 2.16. The molecule has 1 heterocycles. The zero-order valence-electron chi connectivity index (χ0n) is 11.5. The topological polar surface area (TPSA) is 44.1 Å². The van der Waals surface area contributed by atoms with Crippen molar-refractivity contribution in [1.29, 1.82) is 0 Å². The third-order valence-electron chi connectivity index (χ3n) is 2.83. The summed E-state index contributed by atoms with van der Waals surface area (Å²) in [6, 6.07) is 0. The fourth-order valence-electron chi connectivity index (χ4n) is 1.62. The van der Waals surface area contributed by atoms with Crippen LogP contribution >= 0.6 is 15.9 Å². The minimum absolute atomic E-state index is 0.208. The summed E-state index contributed by atoms with van der Waals surface area (Å²) < 4.78 is 8.06. The summed E-state index contributed by atoms with van der Waals surface area (Å²) in [5.41, 5.74) is 1.43. The molecule has 1 rings (SSSR count). The summed E-state index contributed by atoms with van der Waals surface area (Å²) in [6.45, 7) is 9.90. The molecule has 0 unspecified atom stereocenters. The molecule has 0 radical (unpaired) electrons. The van der Waals surface area contributed by atoms with Crippen LogP contribution in [0.2, 0.25) is 0 Å². The van der Waals surface area contributed by atoms with Crippen molar-refractivity contribution in [2.75, 3.05) is 13.2 Å². The molecule has 0 atom stereocenters. The van der Waals surface area contributed by atoms with Crippen molar-refractivity contribution in [3.63, 3.8) is 0 Å². The van der Waals surface area contributed by atoms with Gasteiger partial charge in [0.15, 0.2) is 0 Å². The van der Waals surface area contributed by atoms with Crippen molar-refractivity contribution in [2.45, 2.75) is 40.7 Å². The molecule has 1 aromatic heterocycles. The lowest BCUT2D eigenvalue weighted by Gasteiger charge is -2.12. The van der Waals surface area contributed by atoms with E-state index in [4.69, 9.17) is 4.74 Å². The van der Waals surface area contributed by atoms with E-state index in [-0.39, 0.29) is 5.69 Å². The Kier molecular flexibility index (Phi) is 6.02. The lowest BCUT2D eigenvalue weighted by molar-refractivity contribution is 0.115. The Morgan fingerprint density at radius 3 is 2.61 bits per heavy atom. The van der Waals surface area contributed by atoms with Crippen molar-refractivity contribution in [2.24, 2.45) is 5.92 Å². The van der Waals surface area contributed by atoms with Crippen LogP contribution in [-0.4, -0.2) is 22.8 Å². The van der Waals surface area contributed by atoms with E-state index in [0.29, 0.717) is 19.1 Å². The first-order valence-electron chi connectivity index (χ1n) is 6.24. The maximum Gasteiger partial charge on any atom is 0.348 e. The second-order valence-electron chi connectivity index (χ2n) is 4.83. The number of aryl methyl sites for hydroxylation is 1. The maximum atomic E-state index is 11.8.